The van der Waals surface area contributed by atoms with E-state index in [2.05, 4.69) is 52.0 Å². The van der Waals surface area contributed by atoms with Gasteiger partial charge in [-0.25, -0.2) is 14.8 Å². The highest BCUT2D eigenvalue weighted by Crippen LogP contribution is 2.29. The Bertz CT molecular complexity index is 1110. The minimum Gasteiger partial charge on any atom is -0.306 e. The van der Waals surface area contributed by atoms with Crippen LogP contribution >= 0.6 is 11.6 Å². The van der Waals surface area contributed by atoms with Crippen molar-refractivity contribution in [2.24, 2.45) is 7.05 Å². The minimum absolute atomic E-state index is 0.284. The summed E-state index contributed by atoms with van der Waals surface area (Å²) in [4.78, 5) is 21.5. The zero-order chi connectivity index (χ0) is 24.0. The summed E-state index contributed by atoms with van der Waals surface area (Å²) in [5.74, 6) is 0.831. The highest BCUT2D eigenvalue weighted by molar-refractivity contribution is 6.29. The standard InChI is InChI=1S/C24H34ClN7O/c1-6-7-8-9-10-11-17-12-18(13-20(25)26-17)27-24(33)30-29-21-14-19(15(2)3)22-16(4)31-32(5)23(22)28-21/h12-15H,6-11H2,1-5H3,(H,28,29)(H2,26,27,30,33). The fourth-order valence-electron chi connectivity index (χ4n) is 3.94. The SMILES string of the molecule is CCCCCCCc1cc(NC(=O)NNc2cc(C(C)C)c3c(C)nn(C)c3n2)cc(Cl)n1. The Morgan fingerprint density at radius 2 is 1.88 bits per heavy atom. The Kier molecular flexibility index (Phi) is 8.49. The number of carbonyl (C=O) groups excluding carboxylic acids is 1. The summed E-state index contributed by atoms with van der Waals surface area (Å²) < 4.78 is 1.75. The quantitative estimate of drug-likeness (QED) is 0.188. The molecule has 0 aliphatic heterocycles. The van der Waals surface area contributed by atoms with Crippen LogP contribution in [0.5, 0.6) is 0 Å². The van der Waals surface area contributed by atoms with Crippen molar-refractivity contribution < 1.29 is 4.79 Å². The molecule has 9 heteroatoms. The number of hydrogen-bond acceptors (Lipinski definition) is 5. The van der Waals surface area contributed by atoms with Gasteiger partial charge in [0.2, 0.25) is 0 Å². The highest BCUT2D eigenvalue weighted by Gasteiger charge is 2.16. The van der Waals surface area contributed by atoms with E-state index in [0.29, 0.717) is 16.7 Å². The molecule has 0 aliphatic rings. The lowest BCUT2D eigenvalue weighted by atomic mass is 10.00. The van der Waals surface area contributed by atoms with Gasteiger partial charge < -0.3 is 5.32 Å². The van der Waals surface area contributed by atoms with Gasteiger partial charge in [-0.2, -0.15) is 5.10 Å². The zero-order valence-corrected chi connectivity index (χ0v) is 20.9. The number of urea groups is 1. The summed E-state index contributed by atoms with van der Waals surface area (Å²) >= 11 is 6.17. The molecule has 0 saturated heterocycles. The number of amides is 2. The second kappa shape index (κ2) is 11.3. The van der Waals surface area contributed by atoms with Gasteiger partial charge in [0, 0.05) is 23.8 Å². The molecule has 0 fully saturated rings. The third-order valence-corrected chi connectivity index (χ3v) is 5.76. The number of hydrogen-bond donors (Lipinski definition) is 3. The van der Waals surface area contributed by atoms with Gasteiger partial charge in [0.25, 0.3) is 0 Å². The van der Waals surface area contributed by atoms with Crippen molar-refractivity contribution >= 4 is 40.2 Å². The lowest BCUT2D eigenvalue weighted by Gasteiger charge is -2.14. The monoisotopic (exact) mass is 471 g/mol. The first kappa shape index (κ1) is 24.8. The molecule has 0 aromatic carbocycles. The Hall–Kier alpha value is -2.87. The predicted octanol–water partition coefficient (Wildman–Crippen LogP) is 6.11. The van der Waals surface area contributed by atoms with Crippen molar-refractivity contribution in [3.8, 4) is 0 Å². The summed E-state index contributed by atoms with van der Waals surface area (Å²) in [5, 5.41) is 8.72. The van der Waals surface area contributed by atoms with E-state index in [0.717, 1.165) is 40.8 Å². The van der Waals surface area contributed by atoms with Crippen LogP contribution in [0.25, 0.3) is 11.0 Å². The van der Waals surface area contributed by atoms with Crippen LogP contribution in [0.2, 0.25) is 5.15 Å². The average molecular weight is 472 g/mol. The second-order valence-corrected chi connectivity index (χ2v) is 9.08. The van der Waals surface area contributed by atoms with Crippen LogP contribution in [0.1, 0.15) is 75.7 Å². The molecule has 3 aromatic rings. The Morgan fingerprint density at radius 3 is 2.61 bits per heavy atom. The highest BCUT2D eigenvalue weighted by atomic mass is 35.5. The van der Waals surface area contributed by atoms with Crippen LogP contribution in [0, 0.1) is 6.92 Å². The van der Waals surface area contributed by atoms with Crippen LogP contribution in [-0.4, -0.2) is 25.8 Å². The molecule has 0 spiro atoms. The third kappa shape index (κ3) is 6.57. The molecule has 8 nitrogen and oxygen atoms in total. The van der Waals surface area contributed by atoms with Gasteiger partial charge in [0.1, 0.15) is 11.0 Å². The maximum Gasteiger partial charge on any atom is 0.337 e. The number of hydrazine groups is 1. The third-order valence-electron chi connectivity index (χ3n) is 5.57. The van der Waals surface area contributed by atoms with Crippen molar-refractivity contribution in [1.82, 2.24) is 25.2 Å². The molecule has 0 aliphatic carbocycles. The molecular weight excluding hydrogens is 438 g/mol. The summed E-state index contributed by atoms with van der Waals surface area (Å²) in [6.45, 7) is 8.43. The van der Waals surface area contributed by atoms with Crippen LogP contribution in [0.4, 0.5) is 16.3 Å². The van der Waals surface area contributed by atoms with Gasteiger partial charge in [-0.3, -0.25) is 15.5 Å². The normalized spacial score (nSPS) is 11.2. The number of fused-ring (bicyclic) bond motifs is 1. The Morgan fingerprint density at radius 1 is 1.12 bits per heavy atom. The number of halogens is 1. The van der Waals surface area contributed by atoms with E-state index >= 15 is 0 Å². The fraction of sp³-hybridized carbons (Fsp3) is 0.500. The Labute approximate surface area is 200 Å². The van der Waals surface area contributed by atoms with Crippen molar-refractivity contribution in [2.45, 2.75) is 72.1 Å². The second-order valence-electron chi connectivity index (χ2n) is 8.70. The topological polar surface area (TPSA) is 96.8 Å². The van der Waals surface area contributed by atoms with Crippen molar-refractivity contribution in [3.05, 3.63) is 40.3 Å². The number of unbranched alkanes of at least 4 members (excludes halogenated alkanes) is 4. The van der Waals surface area contributed by atoms with Gasteiger partial charge in [-0.15, -0.1) is 0 Å². The maximum absolute atomic E-state index is 12.5. The molecule has 178 valence electrons. The first-order valence-corrected chi connectivity index (χ1v) is 12.0. The van der Waals surface area contributed by atoms with Gasteiger partial charge in [0.05, 0.1) is 5.69 Å². The van der Waals surface area contributed by atoms with E-state index in [1.54, 1.807) is 10.7 Å². The molecule has 0 saturated carbocycles. The lowest BCUT2D eigenvalue weighted by molar-refractivity contribution is 0.254. The van der Waals surface area contributed by atoms with Crippen molar-refractivity contribution in [2.75, 3.05) is 10.7 Å². The maximum atomic E-state index is 12.5. The first-order valence-electron chi connectivity index (χ1n) is 11.6. The number of nitrogens with one attached hydrogen (secondary N) is 3. The average Bonchev–Trinajstić information content (AvgIpc) is 3.04. The molecule has 33 heavy (non-hydrogen) atoms. The first-order chi connectivity index (χ1) is 15.8. The summed E-state index contributed by atoms with van der Waals surface area (Å²) in [6, 6.07) is 5.04. The molecule has 0 unspecified atom stereocenters. The molecule has 3 N–H and O–H groups in total. The van der Waals surface area contributed by atoms with Gasteiger partial charge in [-0.05, 0) is 49.4 Å². The van der Waals surface area contributed by atoms with Crippen molar-refractivity contribution in [3.63, 3.8) is 0 Å². The molecular formula is C24H34ClN7O. The molecule has 0 atom stereocenters. The van der Waals surface area contributed by atoms with Crippen molar-refractivity contribution in [1.29, 1.82) is 0 Å². The van der Waals surface area contributed by atoms with E-state index < -0.39 is 6.03 Å². The molecule has 3 aromatic heterocycles. The Balaban J connectivity index is 1.63. The van der Waals surface area contributed by atoms with Gasteiger partial charge in [0.15, 0.2) is 5.65 Å². The van der Waals surface area contributed by atoms with Crippen LogP contribution in [-0.2, 0) is 13.5 Å². The molecule has 0 radical (unpaired) electrons. The minimum atomic E-state index is -0.416. The zero-order valence-electron chi connectivity index (χ0n) is 20.1. The summed E-state index contributed by atoms with van der Waals surface area (Å²) in [6.07, 6.45) is 6.76. The predicted molar refractivity (Wildman–Crippen MR) is 135 cm³/mol. The number of anilines is 2. The van der Waals surface area contributed by atoms with E-state index in [1.807, 2.05) is 26.1 Å². The van der Waals surface area contributed by atoms with E-state index in [9.17, 15) is 4.79 Å². The van der Waals surface area contributed by atoms with E-state index in [-0.39, 0.29) is 5.92 Å². The molecule has 3 heterocycles. The lowest BCUT2D eigenvalue weighted by Crippen LogP contribution is -2.34. The molecule has 3 rings (SSSR count). The number of rotatable bonds is 10. The number of aryl methyl sites for hydroxylation is 3. The smallest absolute Gasteiger partial charge is 0.306 e. The number of carbonyl (C=O) groups is 1. The number of nitrogens with zero attached hydrogens (tertiary/aromatic N) is 4. The van der Waals surface area contributed by atoms with Crippen LogP contribution < -0.4 is 16.2 Å². The van der Waals surface area contributed by atoms with E-state index in [4.69, 9.17) is 11.6 Å². The molecule has 2 amide bonds. The molecule has 0 bridgehead atoms. The van der Waals surface area contributed by atoms with Gasteiger partial charge >= 0.3 is 6.03 Å². The summed E-state index contributed by atoms with van der Waals surface area (Å²) in [5.41, 5.74) is 9.88. The number of pyridine rings is 2. The van der Waals surface area contributed by atoms with Crippen LogP contribution in [0.3, 0.4) is 0 Å². The number of aromatic nitrogens is 4. The van der Waals surface area contributed by atoms with E-state index in [1.165, 1.54) is 25.7 Å². The summed E-state index contributed by atoms with van der Waals surface area (Å²) in [7, 11) is 1.87. The largest absolute Gasteiger partial charge is 0.337 e. The van der Waals surface area contributed by atoms with Crippen LogP contribution in [0.15, 0.2) is 18.2 Å². The fourth-order valence-corrected chi connectivity index (χ4v) is 4.17. The van der Waals surface area contributed by atoms with Gasteiger partial charge in [-0.1, -0.05) is 58.1 Å².